The lowest BCUT2D eigenvalue weighted by Gasteiger charge is -2.29. The van der Waals surface area contributed by atoms with Crippen molar-refractivity contribution in [3.05, 3.63) is 23.8 Å². The molecule has 0 amide bonds. The average molecular weight is 589 g/mol. The highest BCUT2D eigenvalue weighted by Gasteiger charge is 2.30. The minimum absolute atomic E-state index is 0.155. The van der Waals surface area contributed by atoms with Gasteiger partial charge in [-0.1, -0.05) is 41.5 Å². The number of rotatable bonds is 7. The molecule has 4 N–H and O–H groups in total. The molecule has 0 unspecified atom stereocenters. The van der Waals surface area contributed by atoms with E-state index in [4.69, 9.17) is 18.8 Å². The van der Waals surface area contributed by atoms with Gasteiger partial charge >= 0.3 is 5.97 Å². The first-order valence-electron chi connectivity index (χ1n) is 11.8. The van der Waals surface area contributed by atoms with E-state index in [2.05, 4.69) is 13.8 Å². The zero-order chi connectivity index (χ0) is 29.4. The second kappa shape index (κ2) is 14.5. The molecule has 1 fully saturated rings. The second-order valence-corrected chi connectivity index (χ2v) is 14.7. The van der Waals surface area contributed by atoms with E-state index in [0.29, 0.717) is 36.3 Å². The third kappa shape index (κ3) is 14.2. The van der Waals surface area contributed by atoms with E-state index in [0.717, 1.165) is 25.0 Å². The zero-order valence-electron chi connectivity index (χ0n) is 22.0. The van der Waals surface area contributed by atoms with E-state index >= 15 is 0 Å². The summed E-state index contributed by atoms with van der Waals surface area (Å²) < 4.78 is 92.1. The number of carboxylic acids is 1. The minimum atomic E-state index is -4.52. The molecular weight excluding hydrogens is 548 g/mol. The molecular formula is C23H40O11S3. The highest BCUT2D eigenvalue weighted by molar-refractivity contribution is 7.87. The van der Waals surface area contributed by atoms with Gasteiger partial charge in [-0.25, -0.2) is 0 Å². The van der Waals surface area contributed by atoms with Crippen molar-refractivity contribution >= 4 is 36.3 Å². The monoisotopic (exact) mass is 588 g/mol. The lowest BCUT2D eigenvalue weighted by molar-refractivity contribution is -0.137. The predicted octanol–water partition coefficient (Wildman–Crippen LogP) is 4.51. The Balaban J connectivity index is 0.000000573. The Kier molecular flexibility index (Phi) is 13.9. The molecule has 2 rings (SSSR count). The van der Waals surface area contributed by atoms with Crippen molar-refractivity contribution in [1.82, 2.24) is 0 Å². The Labute approximate surface area is 220 Å². The van der Waals surface area contributed by atoms with Crippen molar-refractivity contribution in [1.29, 1.82) is 0 Å². The van der Waals surface area contributed by atoms with Gasteiger partial charge in [0.15, 0.2) is 0 Å². The Morgan fingerprint density at radius 2 is 1.19 bits per heavy atom. The molecule has 1 aromatic rings. The van der Waals surface area contributed by atoms with Crippen LogP contribution in [0.15, 0.2) is 28.0 Å². The Morgan fingerprint density at radius 3 is 1.41 bits per heavy atom. The molecule has 216 valence electrons. The topological polar surface area (TPSA) is 200 Å². The summed E-state index contributed by atoms with van der Waals surface area (Å²) in [5.74, 6) is 0.671. The summed E-state index contributed by atoms with van der Waals surface area (Å²) in [5, 5.41) is 7.59. The average Bonchev–Trinajstić information content (AvgIpc) is 2.71. The van der Waals surface area contributed by atoms with Crippen molar-refractivity contribution in [2.45, 2.75) is 94.6 Å². The highest BCUT2D eigenvalue weighted by Crippen LogP contribution is 2.32. The number of aliphatic carboxylic acids is 1. The van der Waals surface area contributed by atoms with Gasteiger partial charge in [0.05, 0.1) is 15.0 Å². The fourth-order valence-electron chi connectivity index (χ4n) is 3.63. The molecule has 0 spiro atoms. The van der Waals surface area contributed by atoms with Crippen LogP contribution in [0.3, 0.4) is 0 Å². The van der Waals surface area contributed by atoms with Crippen molar-refractivity contribution in [2.24, 2.45) is 17.8 Å². The number of hydrogen-bond acceptors (Lipinski definition) is 7. The summed E-state index contributed by atoms with van der Waals surface area (Å²) >= 11 is 0. The van der Waals surface area contributed by atoms with Gasteiger partial charge in [0.25, 0.3) is 30.4 Å². The molecule has 0 aromatic heterocycles. The van der Waals surface area contributed by atoms with Gasteiger partial charge in [0.2, 0.25) is 0 Å². The van der Waals surface area contributed by atoms with Crippen LogP contribution in [0, 0.1) is 17.8 Å². The lowest BCUT2D eigenvalue weighted by Crippen LogP contribution is -2.28. The molecule has 0 atom stereocenters. The summed E-state index contributed by atoms with van der Waals surface area (Å²) in [4.78, 5) is 8.69. The van der Waals surface area contributed by atoms with Crippen LogP contribution in [0.2, 0.25) is 0 Å². The van der Waals surface area contributed by atoms with Crippen molar-refractivity contribution < 1.29 is 48.8 Å². The third-order valence-corrected chi connectivity index (χ3v) is 8.81. The molecule has 0 bridgehead atoms. The number of benzene rings is 1. The molecule has 0 heterocycles. The maximum atomic E-state index is 11.0. The minimum Gasteiger partial charge on any atom is -0.481 e. The number of hydrogen-bond donors (Lipinski definition) is 4. The van der Waals surface area contributed by atoms with E-state index in [1.165, 1.54) is 0 Å². The maximum absolute atomic E-state index is 11.0. The van der Waals surface area contributed by atoms with E-state index < -0.39 is 51.4 Å². The van der Waals surface area contributed by atoms with Gasteiger partial charge < -0.3 is 5.11 Å². The van der Waals surface area contributed by atoms with Gasteiger partial charge in [-0.05, 0) is 73.1 Å². The number of carbonyl (C=O) groups is 1. The molecule has 0 aliphatic heterocycles. The van der Waals surface area contributed by atoms with E-state index in [9.17, 15) is 30.0 Å². The van der Waals surface area contributed by atoms with Crippen LogP contribution in [-0.2, 0) is 35.1 Å². The first-order valence-corrected chi connectivity index (χ1v) is 16.2. The first kappa shape index (κ1) is 35.4. The fraction of sp³-hybridized carbons (Fsp3) is 0.696. The molecule has 14 heteroatoms. The Morgan fingerprint density at radius 1 is 0.784 bits per heavy atom. The standard InChI is InChI=1S/C9H12O6S2.C9H18O3S.C5H10O2/c1-6(2)7-3-8(16(10,11)12)5-9(4-7)17(13,14)15;1-7(2)8-3-5-9(6-4-8)13(10,11)12;1-4(2)3-5(6)7/h3-6H,1-2H3,(H,10,11,12)(H,13,14,15);7-9H,3-6H2,1-2H3,(H,10,11,12);4H,3H2,1-2H3,(H,6,7). The molecule has 1 aliphatic rings. The van der Waals surface area contributed by atoms with Gasteiger partial charge in [0.1, 0.15) is 0 Å². The SMILES string of the molecule is CC(C)C1CCC(S(=O)(=O)O)CC1.CC(C)CC(=O)O.CC(C)c1cc(S(=O)(=O)O)cc(S(=O)(=O)O)c1. The van der Waals surface area contributed by atoms with Crippen LogP contribution in [0.5, 0.6) is 0 Å². The maximum Gasteiger partial charge on any atom is 0.303 e. The van der Waals surface area contributed by atoms with Crippen LogP contribution in [0.1, 0.15) is 85.1 Å². The van der Waals surface area contributed by atoms with Crippen LogP contribution in [-0.4, -0.2) is 55.2 Å². The van der Waals surface area contributed by atoms with E-state index in [1.807, 2.05) is 13.8 Å². The summed E-state index contributed by atoms with van der Waals surface area (Å²) in [6, 6.07) is 3.03. The zero-order valence-corrected chi connectivity index (χ0v) is 24.5. The molecule has 1 aromatic carbocycles. The van der Waals surface area contributed by atoms with Gasteiger partial charge in [-0.15, -0.1) is 0 Å². The smallest absolute Gasteiger partial charge is 0.303 e. The van der Waals surface area contributed by atoms with E-state index in [1.54, 1.807) is 13.8 Å². The largest absolute Gasteiger partial charge is 0.481 e. The van der Waals surface area contributed by atoms with Crippen LogP contribution >= 0.6 is 0 Å². The van der Waals surface area contributed by atoms with Crippen molar-refractivity contribution in [2.75, 3.05) is 0 Å². The second-order valence-electron chi connectivity index (χ2n) is 10.1. The van der Waals surface area contributed by atoms with Crippen molar-refractivity contribution in [3.63, 3.8) is 0 Å². The predicted molar refractivity (Wildman–Crippen MR) is 139 cm³/mol. The summed E-state index contributed by atoms with van der Waals surface area (Å²) in [5.41, 5.74) is 0.382. The third-order valence-electron chi connectivity index (χ3n) is 5.83. The van der Waals surface area contributed by atoms with Crippen LogP contribution < -0.4 is 0 Å². The van der Waals surface area contributed by atoms with E-state index in [-0.39, 0.29) is 18.3 Å². The summed E-state index contributed by atoms with van der Waals surface area (Å²) in [7, 11) is -12.8. The molecule has 0 saturated heterocycles. The van der Waals surface area contributed by atoms with Crippen molar-refractivity contribution in [3.8, 4) is 0 Å². The quantitative estimate of drug-likeness (QED) is 0.326. The fourth-order valence-corrected chi connectivity index (χ4v) is 5.69. The molecule has 1 aliphatic carbocycles. The summed E-state index contributed by atoms with van der Waals surface area (Å²) in [6.07, 6.45) is 3.40. The molecule has 11 nitrogen and oxygen atoms in total. The van der Waals surface area contributed by atoms with Gasteiger partial charge in [0, 0.05) is 6.42 Å². The lowest BCUT2D eigenvalue weighted by atomic mass is 9.82. The molecule has 37 heavy (non-hydrogen) atoms. The summed E-state index contributed by atoms with van der Waals surface area (Å²) in [6.45, 7) is 11.5. The molecule has 0 radical (unpaired) electrons. The Hall–Kier alpha value is -1.58. The van der Waals surface area contributed by atoms with Gasteiger partial charge in [-0.2, -0.15) is 25.3 Å². The normalized spacial score (nSPS) is 18.6. The first-order chi connectivity index (χ1) is 16.6. The molecule has 1 saturated carbocycles. The van der Waals surface area contributed by atoms with Gasteiger partial charge in [-0.3, -0.25) is 18.5 Å². The Bertz CT molecular complexity index is 1140. The van der Waals surface area contributed by atoms with Crippen LogP contribution in [0.4, 0.5) is 0 Å². The highest BCUT2D eigenvalue weighted by atomic mass is 32.2. The van der Waals surface area contributed by atoms with Crippen LogP contribution in [0.25, 0.3) is 0 Å². The number of carboxylic acid groups (broad SMARTS) is 1.